The number of para-hydroxylation sites is 1. The molecule has 6 nitrogen and oxygen atoms in total. The van der Waals surface area contributed by atoms with Crippen molar-refractivity contribution in [3.8, 4) is 5.75 Å². The van der Waals surface area contributed by atoms with Crippen molar-refractivity contribution in [1.82, 2.24) is 20.1 Å². The first-order valence-electron chi connectivity index (χ1n) is 6.53. The molecule has 0 aliphatic carbocycles. The van der Waals surface area contributed by atoms with Crippen LogP contribution in [0.15, 0.2) is 36.7 Å². The van der Waals surface area contributed by atoms with E-state index in [9.17, 15) is 4.79 Å². The van der Waals surface area contributed by atoms with Crippen molar-refractivity contribution >= 4 is 5.91 Å². The Kier molecular flexibility index (Phi) is 4.70. The van der Waals surface area contributed by atoms with E-state index in [0.29, 0.717) is 24.5 Å². The molecule has 0 aliphatic heterocycles. The summed E-state index contributed by atoms with van der Waals surface area (Å²) in [5, 5.41) is 10.5. The number of amides is 1. The highest BCUT2D eigenvalue weighted by Crippen LogP contribution is 2.12. The summed E-state index contributed by atoms with van der Waals surface area (Å²) in [5.41, 5.74) is 0. The van der Waals surface area contributed by atoms with Crippen LogP contribution in [0.25, 0.3) is 0 Å². The lowest BCUT2D eigenvalue weighted by atomic mass is 10.2. The molecule has 1 N–H and O–H groups in total. The molecule has 0 aliphatic rings. The average molecular weight is 274 g/mol. The maximum atomic E-state index is 12.1. The minimum absolute atomic E-state index is 0.153. The molecule has 0 unspecified atom stereocenters. The minimum Gasteiger partial charge on any atom is -0.481 e. The predicted octanol–water partition coefficient (Wildman–Crippen LogP) is 1.29. The van der Waals surface area contributed by atoms with Gasteiger partial charge in [0.1, 0.15) is 12.1 Å². The molecule has 0 spiro atoms. The second kappa shape index (κ2) is 6.70. The molecule has 1 heterocycles. The van der Waals surface area contributed by atoms with E-state index in [4.69, 9.17) is 4.74 Å². The molecule has 2 rings (SSSR count). The first-order valence-corrected chi connectivity index (χ1v) is 6.53. The number of ether oxygens (including phenoxy) is 1. The number of carbonyl (C=O) groups is 1. The van der Waals surface area contributed by atoms with E-state index in [1.54, 1.807) is 10.9 Å². The minimum atomic E-state index is -0.509. The van der Waals surface area contributed by atoms with Crippen molar-refractivity contribution in [2.75, 3.05) is 0 Å². The van der Waals surface area contributed by atoms with Crippen LogP contribution in [0.4, 0.5) is 0 Å². The van der Waals surface area contributed by atoms with Crippen molar-refractivity contribution in [3.05, 3.63) is 42.5 Å². The van der Waals surface area contributed by atoms with Gasteiger partial charge < -0.3 is 14.6 Å². The van der Waals surface area contributed by atoms with E-state index >= 15 is 0 Å². The lowest BCUT2D eigenvalue weighted by Gasteiger charge is -2.17. The van der Waals surface area contributed by atoms with Gasteiger partial charge in [-0.3, -0.25) is 4.79 Å². The van der Waals surface area contributed by atoms with Crippen LogP contribution in [0, 0.1) is 0 Å². The van der Waals surface area contributed by atoms with Crippen LogP contribution in [-0.4, -0.2) is 26.8 Å². The van der Waals surface area contributed by atoms with Gasteiger partial charge in [-0.1, -0.05) is 25.1 Å². The fraction of sp³-hybridized carbons (Fsp3) is 0.357. The number of hydrogen-bond donors (Lipinski definition) is 1. The lowest BCUT2D eigenvalue weighted by Crippen LogP contribution is -2.38. The molecule has 0 radical (unpaired) electrons. The van der Waals surface area contributed by atoms with Crippen molar-refractivity contribution in [2.45, 2.75) is 26.0 Å². The molecule has 20 heavy (non-hydrogen) atoms. The fourth-order valence-electron chi connectivity index (χ4n) is 1.73. The first kappa shape index (κ1) is 14.0. The number of aryl methyl sites for hydroxylation is 1. The Balaban J connectivity index is 1.91. The van der Waals surface area contributed by atoms with Crippen molar-refractivity contribution < 1.29 is 9.53 Å². The molecule has 1 amide bonds. The number of carbonyl (C=O) groups excluding carboxylic acids is 1. The monoisotopic (exact) mass is 274 g/mol. The van der Waals surface area contributed by atoms with E-state index in [1.165, 1.54) is 0 Å². The third-order valence-corrected chi connectivity index (χ3v) is 2.91. The van der Waals surface area contributed by atoms with Gasteiger partial charge in [-0.25, -0.2) is 0 Å². The maximum absolute atomic E-state index is 12.1. The molecule has 0 fully saturated rings. The zero-order valence-electron chi connectivity index (χ0n) is 11.6. The maximum Gasteiger partial charge on any atom is 0.261 e. The first-order chi connectivity index (χ1) is 9.70. The van der Waals surface area contributed by atoms with Crippen molar-refractivity contribution in [2.24, 2.45) is 7.05 Å². The van der Waals surface area contributed by atoms with E-state index < -0.39 is 6.10 Å². The van der Waals surface area contributed by atoms with Crippen LogP contribution >= 0.6 is 0 Å². The molecule has 0 saturated heterocycles. The zero-order chi connectivity index (χ0) is 14.4. The zero-order valence-corrected chi connectivity index (χ0v) is 11.6. The van der Waals surface area contributed by atoms with Gasteiger partial charge in [0.2, 0.25) is 0 Å². The standard InChI is InChI=1S/C14H18N4O2/c1-3-12(20-11-7-5-4-6-8-11)14(19)15-9-13-17-16-10-18(13)2/h4-8,10,12H,3,9H2,1-2H3,(H,15,19)/t12-/m1/s1. The summed E-state index contributed by atoms with van der Waals surface area (Å²) >= 11 is 0. The summed E-state index contributed by atoms with van der Waals surface area (Å²) in [4.78, 5) is 12.1. The van der Waals surface area contributed by atoms with E-state index in [0.717, 1.165) is 0 Å². The van der Waals surface area contributed by atoms with Gasteiger partial charge in [0.15, 0.2) is 11.9 Å². The molecule has 0 bridgehead atoms. The highest BCUT2D eigenvalue weighted by Gasteiger charge is 2.18. The summed E-state index contributed by atoms with van der Waals surface area (Å²) in [5.74, 6) is 1.24. The smallest absolute Gasteiger partial charge is 0.261 e. The van der Waals surface area contributed by atoms with Gasteiger partial charge in [0, 0.05) is 7.05 Å². The van der Waals surface area contributed by atoms with Gasteiger partial charge in [-0.15, -0.1) is 10.2 Å². The van der Waals surface area contributed by atoms with E-state index in [-0.39, 0.29) is 5.91 Å². The largest absolute Gasteiger partial charge is 0.481 e. The third kappa shape index (κ3) is 3.57. The summed E-state index contributed by atoms with van der Waals surface area (Å²) < 4.78 is 7.43. The molecule has 0 saturated carbocycles. The Hall–Kier alpha value is -2.37. The number of rotatable bonds is 6. The Bertz CT molecular complexity index is 553. The van der Waals surface area contributed by atoms with Crippen LogP contribution in [0.5, 0.6) is 5.75 Å². The van der Waals surface area contributed by atoms with Gasteiger partial charge in [0.05, 0.1) is 6.54 Å². The highest BCUT2D eigenvalue weighted by molar-refractivity contribution is 5.80. The normalized spacial score (nSPS) is 11.9. The number of aromatic nitrogens is 3. The number of hydrogen-bond acceptors (Lipinski definition) is 4. The second-order valence-electron chi connectivity index (χ2n) is 4.40. The quantitative estimate of drug-likeness (QED) is 0.861. The van der Waals surface area contributed by atoms with E-state index in [1.807, 2.05) is 44.3 Å². The second-order valence-corrected chi connectivity index (χ2v) is 4.40. The fourth-order valence-corrected chi connectivity index (χ4v) is 1.73. The molecule has 106 valence electrons. The van der Waals surface area contributed by atoms with E-state index in [2.05, 4.69) is 15.5 Å². The Morgan fingerprint density at radius 1 is 1.40 bits per heavy atom. The Morgan fingerprint density at radius 2 is 2.15 bits per heavy atom. The lowest BCUT2D eigenvalue weighted by molar-refractivity contribution is -0.128. The van der Waals surface area contributed by atoms with Crippen molar-refractivity contribution in [1.29, 1.82) is 0 Å². The van der Waals surface area contributed by atoms with Crippen LogP contribution in [0.3, 0.4) is 0 Å². The SMILES string of the molecule is CC[C@@H](Oc1ccccc1)C(=O)NCc1nncn1C. The summed E-state index contributed by atoms with van der Waals surface area (Å²) in [6, 6.07) is 9.32. The topological polar surface area (TPSA) is 69.0 Å². The molecule has 1 aromatic carbocycles. The van der Waals surface area contributed by atoms with Crippen molar-refractivity contribution in [3.63, 3.8) is 0 Å². The van der Waals surface area contributed by atoms with Gasteiger partial charge in [-0.05, 0) is 18.6 Å². The highest BCUT2D eigenvalue weighted by atomic mass is 16.5. The van der Waals surface area contributed by atoms with Crippen LogP contribution in [-0.2, 0) is 18.4 Å². The van der Waals surface area contributed by atoms with Crippen LogP contribution in [0.2, 0.25) is 0 Å². The van der Waals surface area contributed by atoms with Gasteiger partial charge >= 0.3 is 0 Å². The van der Waals surface area contributed by atoms with Crippen LogP contribution < -0.4 is 10.1 Å². The van der Waals surface area contributed by atoms with Gasteiger partial charge in [-0.2, -0.15) is 0 Å². The van der Waals surface area contributed by atoms with Crippen LogP contribution in [0.1, 0.15) is 19.2 Å². The number of nitrogens with zero attached hydrogens (tertiary/aromatic N) is 3. The average Bonchev–Trinajstić information content (AvgIpc) is 2.88. The summed E-state index contributed by atoms with van der Waals surface area (Å²) in [6.45, 7) is 2.25. The third-order valence-electron chi connectivity index (χ3n) is 2.91. The predicted molar refractivity (Wildman–Crippen MR) is 74.0 cm³/mol. The molecular formula is C14H18N4O2. The van der Waals surface area contributed by atoms with Gasteiger partial charge in [0.25, 0.3) is 5.91 Å². The molecule has 1 atom stereocenters. The summed E-state index contributed by atoms with van der Waals surface area (Å²) in [7, 11) is 1.83. The molecule has 1 aromatic heterocycles. The Morgan fingerprint density at radius 3 is 2.75 bits per heavy atom. The molecule has 2 aromatic rings. The molecule has 6 heteroatoms. The number of benzene rings is 1. The molecular weight excluding hydrogens is 256 g/mol. The summed E-state index contributed by atoms with van der Waals surface area (Å²) in [6.07, 6.45) is 1.68. The number of nitrogens with one attached hydrogen (secondary N) is 1. The Labute approximate surface area is 117 Å².